The first kappa shape index (κ1) is 15.5. The van der Waals surface area contributed by atoms with Crippen LogP contribution in [0.2, 0.25) is 0 Å². The Hall–Kier alpha value is -1.88. The van der Waals surface area contributed by atoms with Crippen LogP contribution < -0.4 is 11.1 Å². The van der Waals surface area contributed by atoms with Gasteiger partial charge in [0.2, 0.25) is 5.91 Å². The topological polar surface area (TPSA) is 92.4 Å². The molecule has 1 aromatic rings. The molecule has 0 radical (unpaired) electrons. The number of aliphatic carboxylic acids is 1. The Morgan fingerprint density at radius 2 is 1.76 bits per heavy atom. The summed E-state index contributed by atoms with van der Waals surface area (Å²) in [5.41, 5.74) is 6.34. The molecule has 4 N–H and O–H groups in total. The summed E-state index contributed by atoms with van der Waals surface area (Å²) in [5, 5.41) is 12.2. The van der Waals surface area contributed by atoms with Crippen LogP contribution in [0.15, 0.2) is 24.3 Å². The number of nitrogens with one attached hydrogen (secondary N) is 1. The van der Waals surface area contributed by atoms with Gasteiger partial charge in [-0.15, -0.1) is 0 Å². The first-order valence-electron chi connectivity index (χ1n) is 7.39. The van der Waals surface area contributed by atoms with Crippen molar-refractivity contribution in [2.45, 2.75) is 50.6 Å². The van der Waals surface area contributed by atoms with Gasteiger partial charge in [-0.1, -0.05) is 43.5 Å². The first-order chi connectivity index (χ1) is 10.1. The minimum absolute atomic E-state index is 0.169. The molecule has 0 heterocycles. The second-order valence-electron chi connectivity index (χ2n) is 5.65. The summed E-state index contributed by atoms with van der Waals surface area (Å²) in [6.45, 7) is 0.369. The summed E-state index contributed by atoms with van der Waals surface area (Å²) >= 11 is 0. The highest BCUT2D eigenvalue weighted by molar-refractivity contribution is 5.88. The Morgan fingerprint density at radius 3 is 2.33 bits per heavy atom. The zero-order valence-electron chi connectivity index (χ0n) is 12.1. The van der Waals surface area contributed by atoms with Crippen molar-refractivity contribution in [1.29, 1.82) is 0 Å². The van der Waals surface area contributed by atoms with Gasteiger partial charge in [0.25, 0.3) is 0 Å². The molecule has 5 nitrogen and oxygen atoms in total. The highest BCUT2D eigenvalue weighted by Gasteiger charge is 2.40. The van der Waals surface area contributed by atoms with E-state index < -0.39 is 11.5 Å². The average Bonchev–Trinajstić information content (AvgIpc) is 2.48. The number of carboxylic acid groups (broad SMARTS) is 1. The lowest BCUT2D eigenvalue weighted by Gasteiger charge is -2.34. The maximum Gasteiger partial charge on any atom is 0.329 e. The molecule has 114 valence electrons. The van der Waals surface area contributed by atoms with Crippen LogP contribution in [0.5, 0.6) is 0 Å². The van der Waals surface area contributed by atoms with E-state index >= 15 is 0 Å². The van der Waals surface area contributed by atoms with Crippen molar-refractivity contribution >= 4 is 11.9 Å². The SMILES string of the molecule is NCc1ccccc1CC(=O)NC1(C(=O)O)CCCCC1. The molecule has 0 spiro atoms. The lowest BCUT2D eigenvalue weighted by molar-refractivity contribution is -0.149. The van der Waals surface area contributed by atoms with Gasteiger partial charge in [0.15, 0.2) is 0 Å². The average molecular weight is 290 g/mol. The lowest BCUT2D eigenvalue weighted by atomic mass is 9.81. The molecule has 0 aliphatic heterocycles. The van der Waals surface area contributed by atoms with Crippen LogP contribution in [0.3, 0.4) is 0 Å². The number of rotatable bonds is 5. The van der Waals surface area contributed by atoms with Crippen LogP contribution in [-0.2, 0) is 22.6 Å². The lowest BCUT2D eigenvalue weighted by Crippen LogP contribution is -2.56. The minimum atomic E-state index is -1.09. The van der Waals surface area contributed by atoms with Crippen LogP contribution in [0.1, 0.15) is 43.2 Å². The number of amides is 1. The highest BCUT2D eigenvalue weighted by Crippen LogP contribution is 2.28. The molecule has 21 heavy (non-hydrogen) atoms. The molecular weight excluding hydrogens is 268 g/mol. The van der Waals surface area contributed by atoms with Crippen molar-refractivity contribution < 1.29 is 14.7 Å². The smallest absolute Gasteiger partial charge is 0.329 e. The summed E-state index contributed by atoms with van der Waals surface area (Å²) < 4.78 is 0. The predicted molar refractivity (Wildman–Crippen MR) is 79.6 cm³/mol. The summed E-state index contributed by atoms with van der Waals surface area (Å²) in [4.78, 5) is 23.8. The Bertz CT molecular complexity index is 522. The van der Waals surface area contributed by atoms with Gasteiger partial charge in [0.05, 0.1) is 6.42 Å². The predicted octanol–water partition coefficient (Wildman–Crippen LogP) is 1.59. The van der Waals surface area contributed by atoms with Crippen LogP contribution in [0.25, 0.3) is 0 Å². The Kier molecular flexibility index (Phi) is 4.96. The minimum Gasteiger partial charge on any atom is -0.480 e. The largest absolute Gasteiger partial charge is 0.480 e. The molecule has 1 saturated carbocycles. The van der Waals surface area contributed by atoms with E-state index in [0.29, 0.717) is 19.4 Å². The number of carbonyl (C=O) groups is 2. The maximum atomic E-state index is 12.2. The second kappa shape index (κ2) is 6.72. The van der Waals surface area contributed by atoms with E-state index in [2.05, 4.69) is 5.32 Å². The van der Waals surface area contributed by atoms with Crippen molar-refractivity contribution in [3.8, 4) is 0 Å². The van der Waals surface area contributed by atoms with E-state index in [4.69, 9.17) is 5.73 Å². The van der Waals surface area contributed by atoms with E-state index in [0.717, 1.165) is 30.4 Å². The Labute approximate surface area is 124 Å². The van der Waals surface area contributed by atoms with Gasteiger partial charge in [-0.25, -0.2) is 4.79 Å². The Morgan fingerprint density at radius 1 is 1.14 bits per heavy atom. The molecule has 1 amide bonds. The molecule has 0 bridgehead atoms. The summed E-state index contributed by atoms with van der Waals surface area (Å²) in [6, 6.07) is 7.48. The van der Waals surface area contributed by atoms with Gasteiger partial charge in [-0.3, -0.25) is 4.79 Å². The Balaban J connectivity index is 2.07. The van der Waals surface area contributed by atoms with E-state index in [-0.39, 0.29) is 12.3 Å². The number of carbonyl (C=O) groups excluding carboxylic acids is 1. The van der Waals surface area contributed by atoms with E-state index in [1.165, 1.54) is 0 Å². The number of carboxylic acids is 1. The number of nitrogens with two attached hydrogens (primary N) is 1. The fourth-order valence-corrected chi connectivity index (χ4v) is 2.96. The van der Waals surface area contributed by atoms with Crippen molar-refractivity contribution in [3.63, 3.8) is 0 Å². The first-order valence-corrected chi connectivity index (χ1v) is 7.39. The van der Waals surface area contributed by atoms with Crippen molar-refractivity contribution in [3.05, 3.63) is 35.4 Å². The number of hydrogen-bond acceptors (Lipinski definition) is 3. The molecule has 1 aliphatic carbocycles. The highest BCUT2D eigenvalue weighted by atomic mass is 16.4. The van der Waals surface area contributed by atoms with Crippen LogP contribution in [-0.4, -0.2) is 22.5 Å². The van der Waals surface area contributed by atoms with Gasteiger partial charge >= 0.3 is 5.97 Å². The van der Waals surface area contributed by atoms with E-state index in [1.807, 2.05) is 24.3 Å². The van der Waals surface area contributed by atoms with Crippen molar-refractivity contribution in [2.24, 2.45) is 5.73 Å². The van der Waals surface area contributed by atoms with E-state index in [1.54, 1.807) is 0 Å². The molecule has 1 fully saturated rings. The molecular formula is C16H22N2O3. The molecule has 0 saturated heterocycles. The second-order valence-corrected chi connectivity index (χ2v) is 5.65. The van der Waals surface area contributed by atoms with Gasteiger partial charge in [0, 0.05) is 6.54 Å². The maximum absolute atomic E-state index is 12.2. The molecule has 0 aromatic heterocycles. The quantitative estimate of drug-likeness (QED) is 0.768. The monoisotopic (exact) mass is 290 g/mol. The zero-order chi connectivity index (χ0) is 15.3. The molecule has 0 atom stereocenters. The normalized spacial score (nSPS) is 17.2. The summed E-state index contributed by atoms with van der Waals surface area (Å²) in [5.74, 6) is -1.18. The molecule has 5 heteroatoms. The molecule has 1 aromatic carbocycles. The van der Waals surface area contributed by atoms with Gasteiger partial charge in [0.1, 0.15) is 5.54 Å². The van der Waals surface area contributed by atoms with Crippen molar-refractivity contribution in [1.82, 2.24) is 5.32 Å². The van der Waals surface area contributed by atoms with Crippen LogP contribution in [0.4, 0.5) is 0 Å². The molecule has 2 rings (SSSR count). The summed E-state index contributed by atoms with van der Waals surface area (Å²) in [7, 11) is 0. The third-order valence-corrected chi connectivity index (χ3v) is 4.18. The van der Waals surface area contributed by atoms with Crippen molar-refractivity contribution in [2.75, 3.05) is 0 Å². The summed E-state index contributed by atoms with van der Waals surface area (Å²) in [6.07, 6.45) is 3.89. The standard InChI is InChI=1S/C16H22N2O3/c17-11-13-7-3-2-6-12(13)10-14(19)18-16(15(20)21)8-4-1-5-9-16/h2-3,6-7H,1,4-5,8-11,17H2,(H,18,19)(H,20,21). The fraction of sp³-hybridized carbons (Fsp3) is 0.500. The van der Waals surface area contributed by atoms with Gasteiger partial charge in [-0.2, -0.15) is 0 Å². The third-order valence-electron chi connectivity index (χ3n) is 4.18. The third kappa shape index (κ3) is 3.61. The van der Waals surface area contributed by atoms with Crippen LogP contribution in [0, 0.1) is 0 Å². The zero-order valence-corrected chi connectivity index (χ0v) is 12.1. The molecule has 0 unspecified atom stereocenters. The number of benzene rings is 1. The van der Waals surface area contributed by atoms with Crippen LogP contribution >= 0.6 is 0 Å². The van der Waals surface area contributed by atoms with Gasteiger partial charge < -0.3 is 16.2 Å². The van der Waals surface area contributed by atoms with E-state index in [9.17, 15) is 14.7 Å². The fourth-order valence-electron chi connectivity index (χ4n) is 2.96. The molecule has 1 aliphatic rings. The number of hydrogen-bond donors (Lipinski definition) is 3. The van der Waals surface area contributed by atoms with Gasteiger partial charge in [-0.05, 0) is 24.0 Å².